The maximum absolute atomic E-state index is 10.7. The number of fused-ring (bicyclic) bond motifs is 1. The highest BCUT2D eigenvalue weighted by molar-refractivity contribution is 5.99. The molecule has 2 aromatic rings. The van der Waals surface area contributed by atoms with E-state index in [-0.39, 0.29) is 5.56 Å². The zero-order valence-corrected chi connectivity index (χ0v) is 7.27. The minimum atomic E-state index is -0.976. The Morgan fingerprint density at radius 3 is 2.93 bits per heavy atom. The first-order valence-electron chi connectivity index (χ1n) is 4.05. The molecule has 0 spiro atoms. The van der Waals surface area contributed by atoms with E-state index in [2.05, 4.69) is 4.98 Å². The van der Waals surface area contributed by atoms with Crippen LogP contribution in [0, 0.1) is 0 Å². The summed E-state index contributed by atoms with van der Waals surface area (Å²) >= 11 is 0. The average Bonchev–Trinajstić information content (AvgIpc) is 2.17. The molecular weight excluding hydrogens is 180 g/mol. The molecule has 0 aliphatic heterocycles. The van der Waals surface area contributed by atoms with Gasteiger partial charge in [0.05, 0.1) is 5.56 Å². The first-order valence-corrected chi connectivity index (χ1v) is 4.05. The number of carboxylic acid groups (broad SMARTS) is 1. The number of aromatic carboxylic acids is 1. The quantitative estimate of drug-likeness (QED) is 0.665. The topological polar surface area (TPSA) is 76.2 Å². The minimum absolute atomic E-state index is 0.196. The zero-order chi connectivity index (χ0) is 10.1. The van der Waals surface area contributed by atoms with Crippen LogP contribution in [-0.2, 0) is 0 Å². The summed E-state index contributed by atoms with van der Waals surface area (Å²) in [6.07, 6.45) is 3.23. The fourth-order valence-corrected chi connectivity index (χ4v) is 1.35. The lowest BCUT2D eigenvalue weighted by Crippen LogP contribution is -1.98. The predicted octanol–water partition coefficient (Wildman–Crippen LogP) is 1.52. The van der Waals surface area contributed by atoms with E-state index in [1.807, 2.05) is 0 Å². The Labute approximate surface area is 80.0 Å². The number of nitrogens with zero attached hydrogens (tertiary/aromatic N) is 1. The Bertz CT molecular complexity index is 508. The lowest BCUT2D eigenvalue weighted by molar-refractivity contribution is 0.0697. The molecule has 1 heterocycles. The van der Waals surface area contributed by atoms with Crippen LogP contribution in [-0.4, -0.2) is 16.1 Å². The van der Waals surface area contributed by atoms with Gasteiger partial charge in [0.2, 0.25) is 0 Å². The van der Waals surface area contributed by atoms with Crippen molar-refractivity contribution >= 4 is 22.4 Å². The van der Waals surface area contributed by atoms with Crippen LogP contribution >= 0.6 is 0 Å². The molecule has 0 fully saturated rings. The second-order valence-corrected chi connectivity index (χ2v) is 2.97. The average molecular weight is 188 g/mol. The van der Waals surface area contributed by atoms with Gasteiger partial charge in [-0.3, -0.25) is 4.98 Å². The Morgan fingerprint density at radius 2 is 2.21 bits per heavy atom. The molecule has 0 saturated carbocycles. The van der Waals surface area contributed by atoms with E-state index in [9.17, 15) is 4.79 Å². The number of carboxylic acids is 1. The molecule has 70 valence electrons. The molecule has 0 unspecified atom stereocenters. The minimum Gasteiger partial charge on any atom is -0.478 e. The molecule has 0 aliphatic carbocycles. The second kappa shape index (κ2) is 2.99. The molecular formula is C10H8N2O2. The maximum atomic E-state index is 10.7. The number of hydrogen-bond acceptors (Lipinski definition) is 3. The maximum Gasteiger partial charge on any atom is 0.335 e. The van der Waals surface area contributed by atoms with Crippen molar-refractivity contribution < 1.29 is 9.90 Å². The second-order valence-electron chi connectivity index (χ2n) is 2.97. The summed E-state index contributed by atoms with van der Waals surface area (Å²) in [6.45, 7) is 0. The Kier molecular flexibility index (Phi) is 1.81. The van der Waals surface area contributed by atoms with Crippen LogP contribution in [0.3, 0.4) is 0 Å². The largest absolute Gasteiger partial charge is 0.478 e. The van der Waals surface area contributed by atoms with Gasteiger partial charge in [-0.2, -0.15) is 0 Å². The van der Waals surface area contributed by atoms with Crippen LogP contribution in [0.4, 0.5) is 5.69 Å². The zero-order valence-electron chi connectivity index (χ0n) is 7.27. The van der Waals surface area contributed by atoms with Gasteiger partial charge in [0, 0.05) is 23.5 Å². The third-order valence-electron chi connectivity index (χ3n) is 2.03. The van der Waals surface area contributed by atoms with Crippen molar-refractivity contribution in [3.8, 4) is 0 Å². The van der Waals surface area contributed by atoms with Gasteiger partial charge in [0.25, 0.3) is 0 Å². The number of carbonyl (C=O) groups is 1. The van der Waals surface area contributed by atoms with E-state index in [0.29, 0.717) is 5.69 Å². The molecule has 4 nitrogen and oxygen atoms in total. The first-order chi connectivity index (χ1) is 6.68. The van der Waals surface area contributed by atoms with Gasteiger partial charge in [0.1, 0.15) is 0 Å². The van der Waals surface area contributed by atoms with Gasteiger partial charge in [-0.1, -0.05) is 0 Å². The predicted molar refractivity (Wildman–Crippen MR) is 53.1 cm³/mol. The summed E-state index contributed by atoms with van der Waals surface area (Å²) in [5.74, 6) is -0.976. The monoisotopic (exact) mass is 188 g/mol. The molecule has 0 atom stereocenters. The molecule has 14 heavy (non-hydrogen) atoms. The molecule has 0 bridgehead atoms. The number of rotatable bonds is 1. The summed E-state index contributed by atoms with van der Waals surface area (Å²) in [4.78, 5) is 14.6. The van der Waals surface area contributed by atoms with Crippen LogP contribution in [0.15, 0.2) is 30.6 Å². The van der Waals surface area contributed by atoms with Gasteiger partial charge in [-0.05, 0) is 23.6 Å². The van der Waals surface area contributed by atoms with Crippen molar-refractivity contribution in [1.82, 2.24) is 4.98 Å². The Balaban J connectivity index is 2.78. The number of benzene rings is 1. The fraction of sp³-hybridized carbons (Fsp3) is 0. The molecule has 0 aliphatic rings. The molecule has 4 heteroatoms. The molecule has 2 rings (SSSR count). The lowest BCUT2D eigenvalue weighted by Gasteiger charge is -2.02. The first kappa shape index (κ1) is 8.50. The van der Waals surface area contributed by atoms with E-state index in [1.54, 1.807) is 24.5 Å². The van der Waals surface area contributed by atoms with E-state index in [0.717, 1.165) is 10.8 Å². The number of anilines is 1. The Hall–Kier alpha value is -2.10. The van der Waals surface area contributed by atoms with E-state index in [1.165, 1.54) is 6.07 Å². The summed E-state index contributed by atoms with van der Waals surface area (Å²) < 4.78 is 0. The van der Waals surface area contributed by atoms with Crippen molar-refractivity contribution in [1.29, 1.82) is 0 Å². The van der Waals surface area contributed by atoms with Crippen molar-refractivity contribution in [2.45, 2.75) is 0 Å². The van der Waals surface area contributed by atoms with Crippen molar-refractivity contribution in [3.63, 3.8) is 0 Å². The number of hydrogen-bond donors (Lipinski definition) is 2. The van der Waals surface area contributed by atoms with Crippen molar-refractivity contribution in [2.24, 2.45) is 0 Å². The van der Waals surface area contributed by atoms with Gasteiger partial charge in [-0.15, -0.1) is 0 Å². The van der Waals surface area contributed by atoms with Crippen LogP contribution in [0.25, 0.3) is 10.8 Å². The highest BCUT2D eigenvalue weighted by Gasteiger charge is 2.06. The third kappa shape index (κ3) is 1.26. The smallest absolute Gasteiger partial charge is 0.335 e. The van der Waals surface area contributed by atoms with Crippen molar-refractivity contribution in [2.75, 3.05) is 5.73 Å². The highest BCUT2D eigenvalue weighted by Crippen LogP contribution is 2.21. The SMILES string of the molecule is Nc1cc(C(=O)O)cc2ccncc12. The molecule has 1 aromatic carbocycles. The Morgan fingerprint density at radius 1 is 1.43 bits per heavy atom. The number of nitrogens with two attached hydrogens (primary N) is 1. The molecule has 0 amide bonds. The standard InChI is InChI=1S/C10H8N2O2/c11-9-4-7(10(13)14)3-6-1-2-12-5-8(6)9/h1-5H,11H2,(H,13,14). The number of aromatic nitrogens is 1. The summed E-state index contributed by atoms with van der Waals surface area (Å²) in [6, 6.07) is 4.75. The van der Waals surface area contributed by atoms with Crippen LogP contribution in [0.5, 0.6) is 0 Å². The highest BCUT2D eigenvalue weighted by atomic mass is 16.4. The van der Waals surface area contributed by atoms with Gasteiger partial charge in [0.15, 0.2) is 0 Å². The van der Waals surface area contributed by atoms with E-state index >= 15 is 0 Å². The summed E-state index contributed by atoms with van der Waals surface area (Å²) in [7, 11) is 0. The fourth-order valence-electron chi connectivity index (χ4n) is 1.35. The van der Waals surface area contributed by atoms with Gasteiger partial charge >= 0.3 is 5.97 Å². The van der Waals surface area contributed by atoms with E-state index in [4.69, 9.17) is 10.8 Å². The normalized spacial score (nSPS) is 10.3. The number of pyridine rings is 1. The number of nitrogen functional groups attached to an aromatic ring is 1. The van der Waals surface area contributed by atoms with Gasteiger partial charge in [-0.25, -0.2) is 4.79 Å². The van der Waals surface area contributed by atoms with E-state index < -0.39 is 5.97 Å². The van der Waals surface area contributed by atoms with Crippen LogP contribution in [0.1, 0.15) is 10.4 Å². The lowest BCUT2D eigenvalue weighted by atomic mass is 10.1. The molecule has 0 radical (unpaired) electrons. The summed E-state index contributed by atoms with van der Waals surface area (Å²) in [5, 5.41) is 10.4. The third-order valence-corrected chi connectivity index (χ3v) is 2.03. The molecule has 0 saturated heterocycles. The van der Waals surface area contributed by atoms with Crippen LogP contribution in [0.2, 0.25) is 0 Å². The molecule has 3 N–H and O–H groups in total. The molecule has 1 aromatic heterocycles. The van der Waals surface area contributed by atoms with Gasteiger partial charge < -0.3 is 10.8 Å². The van der Waals surface area contributed by atoms with Crippen molar-refractivity contribution in [3.05, 3.63) is 36.2 Å². The van der Waals surface area contributed by atoms with Crippen LogP contribution < -0.4 is 5.73 Å². The summed E-state index contributed by atoms with van der Waals surface area (Å²) in [5.41, 5.74) is 6.33.